The minimum Gasteiger partial charge on any atom is -0.384 e. The largest absolute Gasteiger partial charge is 0.384 e. The molecule has 20 heavy (non-hydrogen) atoms. The standard InChI is InChI=1S/C15H23NO2S2/c1-3-11-20(17,18)14-7-5-13(6-8-14)16-12-15(19-2)9-4-10-15/h5-8,16H,3-4,9-12H2,1-2H3. The zero-order chi connectivity index (χ0) is 14.6. The average Bonchev–Trinajstić information content (AvgIpc) is 2.38. The zero-order valence-electron chi connectivity index (χ0n) is 12.2. The van der Waals surface area contributed by atoms with Gasteiger partial charge >= 0.3 is 0 Å². The molecule has 1 aliphatic carbocycles. The molecule has 0 aromatic heterocycles. The summed E-state index contributed by atoms with van der Waals surface area (Å²) in [5.74, 6) is 0.218. The second kappa shape index (κ2) is 6.39. The van der Waals surface area contributed by atoms with Crippen molar-refractivity contribution >= 4 is 27.3 Å². The Bertz CT molecular complexity index is 528. The van der Waals surface area contributed by atoms with Crippen LogP contribution < -0.4 is 5.32 Å². The van der Waals surface area contributed by atoms with Crippen LogP contribution in [-0.4, -0.2) is 31.7 Å². The Morgan fingerprint density at radius 3 is 2.35 bits per heavy atom. The third kappa shape index (κ3) is 3.50. The van der Waals surface area contributed by atoms with E-state index in [4.69, 9.17) is 0 Å². The molecule has 1 N–H and O–H groups in total. The van der Waals surface area contributed by atoms with Crippen molar-refractivity contribution in [1.82, 2.24) is 0 Å². The Labute approximate surface area is 126 Å². The summed E-state index contributed by atoms with van der Waals surface area (Å²) in [7, 11) is -3.10. The molecule has 0 heterocycles. The lowest BCUT2D eigenvalue weighted by molar-refractivity contribution is 0.380. The predicted molar refractivity (Wildman–Crippen MR) is 87.4 cm³/mol. The summed E-state index contributed by atoms with van der Waals surface area (Å²) in [5.41, 5.74) is 1.00. The number of sulfone groups is 1. The predicted octanol–water partition coefficient (Wildman–Crippen LogP) is 3.57. The maximum Gasteiger partial charge on any atom is 0.178 e. The molecular formula is C15H23NO2S2. The van der Waals surface area contributed by atoms with E-state index in [1.807, 2.05) is 30.8 Å². The van der Waals surface area contributed by atoms with Gasteiger partial charge < -0.3 is 5.32 Å². The molecule has 0 radical (unpaired) electrons. The maximum atomic E-state index is 11.9. The van der Waals surface area contributed by atoms with E-state index < -0.39 is 9.84 Å². The first kappa shape index (κ1) is 15.7. The van der Waals surface area contributed by atoms with Crippen LogP contribution in [0.15, 0.2) is 29.2 Å². The van der Waals surface area contributed by atoms with Crippen LogP contribution in [0.5, 0.6) is 0 Å². The minimum absolute atomic E-state index is 0.218. The summed E-state index contributed by atoms with van der Waals surface area (Å²) in [6.07, 6.45) is 6.67. The summed E-state index contributed by atoms with van der Waals surface area (Å²) < 4.78 is 24.3. The quantitative estimate of drug-likeness (QED) is 0.836. The van der Waals surface area contributed by atoms with Crippen LogP contribution in [0.3, 0.4) is 0 Å². The second-order valence-electron chi connectivity index (χ2n) is 5.44. The van der Waals surface area contributed by atoms with E-state index in [1.165, 1.54) is 19.3 Å². The highest BCUT2D eigenvalue weighted by molar-refractivity contribution is 8.00. The normalized spacial score (nSPS) is 17.5. The molecule has 1 saturated carbocycles. The van der Waals surface area contributed by atoms with E-state index in [-0.39, 0.29) is 5.75 Å². The van der Waals surface area contributed by atoms with Crippen molar-refractivity contribution in [3.05, 3.63) is 24.3 Å². The van der Waals surface area contributed by atoms with Gasteiger partial charge in [0.1, 0.15) is 0 Å². The smallest absolute Gasteiger partial charge is 0.178 e. The van der Waals surface area contributed by atoms with Crippen molar-refractivity contribution in [1.29, 1.82) is 0 Å². The van der Waals surface area contributed by atoms with E-state index in [9.17, 15) is 8.42 Å². The van der Waals surface area contributed by atoms with E-state index >= 15 is 0 Å². The lowest BCUT2D eigenvalue weighted by Gasteiger charge is -2.40. The number of hydrogen-bond donors (Lipinski definition) is 1. The molecule has 1 aromatic carbocycles. The van der Waals surface area contributed by atoms with Crippen LogP contribution >= 0.6 is 11.8 Å². The van der Waals surface area contributed by atoms with Crippen LogP contribution in [0, 0.1) is 0 Å². The van der Waals surface area contributed by atoms with Crippen molar-refractivity contribution in [2.75, 3.05) is 23.9 Å². The fourth-order valence-electron chi connectivity index (χ4n) is 2.45. The number of benzene rings is 1. The number of anilines is 1. The SMILES string of the molecule is CCCS(=O)(=O)c1ccc(NCC2(SC)CCC2)cc1. The monoisotopic (exact) mass is 313 g/mol. The topological polar surface area (TPSA) is 46.2 Å². The Balaban J connectivity index is 1.98. The highest BCUT2D eigenvalue weighted by atomic mass is 32.2. The molecule has 3 nitrogen and oxygen atoms in total. The lowest BCUT2D eigenvalue weighted by Crippen LogP contribution is -2.40. The molecule has 1 fully saturated rings. The van der Waals surface area contributed by atoms with Gasteiger partial charge in [0.2, 0.25) is 0 Å². The van der Waals surface area contributed by atoms with E-state index in [1.54, 1.807) is 12.1 Å². The Morgan fingerprint density at radius 2 is 1.90 bits per heavy atom. The molecule has 0 saturated heterocycles. The van der Waals surface area contributed by atoms with Crippen molar-refractivity contribution < 1.29 is 8.42 Å². The third-order valence-electron chi connectivity index (χ3n) is 4.00. The molecule has 0 atom stereocenters. The summed E-state index contributed by atoms with van der Waals surface area (Å²) in [6.45, 7) is 2.84. The minimum atomic E-state index is -3.10. The van der Waals surface area contributed by atoms with Gasteiger partial charge in [-0.05, 0) is 49.8 Å². The molecular weight excluding hydrogens is 290 g/mol. The fourth-order valence-corrected chi connectivity index (χ4v) is 4.69. The molecule has 2 rings (SSSR count). The van der Waals surface area contributed by atoms with Crippen molar-refractivity contribution in [2.45, 2.75) is 42.2 Å². The van der Waals surface area contributed by atoms with Crippen LogP contribution in [0.25, 0.3) is 0 Å². The second-order valence-corrected chi connectivity index (χ2v) is 8.82. The van der Waals surface area contributed by atoms with E-state index in [0.29, 0.717) is 16.1 Å². The zero-order valence-corrected chi connectivity index (χ0v) is 13.8. The number of rotatable bonds is 7. The van der Waals surface area contributed by atoms with E-state index in [2.05, 4.69) is 11.6 Å². The summed E-state index contributed by atoms with van der Waals surface area (Å²) >= 11 is 1.93. The highest BCUT2D eigenvalue weighted by Gasteiger charge is 2.35. The average molecular weight is 313 g/mol. The molecule has 0 spiro atoms. The highest BCUT2D eigenvalue weighted by Crippen LogP contribution is 2.42. The van der Waals surface area contributed by atoms with Gasteiger partial charge in [0.05, 0.1) is 10.6 Å². The molecule has 112 valence electrons. The fraction of sp³-hybridized carbons (Fsp3) is 0.600. The van der Waals surface area contributed by atoms with Crippen molar-refractivity contribution in [3.8, 4) is 0 Å². The van der Waals surface area contributed by atoms with Gasteiger partial charge in [-0.3, -0.25) is 0 Å². The van der Waals surface area contributed by atoms with Crippen molar-refractivity contribution in [3.63, 3.8) is 0 Å². The Morgan fingerprint density at radius 1 is 1.25 bits per heavy atom. The summed E-state index contributed by atoms with van der Waals surface area (Å²) in [6, 6.07) is 7.16. The van der Waals surface area contributed by atoms with Gasteiger partial charge in [-0.2, -0.15) is 11.8 Å². The molecule has 0 aliphatic heterocycles. The van der Waals surface area contributed by atoms with Gasteiger partial charge in [0.25, 0.3) is 0 Å². The van der Waals surface area contributed by atoms with E-state index in [0.717, 1.165) is 12.2 Å². The molecule has 0 bridgehead atoms. The van der Waals surface area contributed by atoms with Gasteiger partial charge in [0.15, 0.2) is 9.84 Å². The van der Waals surface area contributed by atoms with Crippen molar-refractivity contribution in [2.24, 2.45) is 0 Å². The first-order valence-electron chi connectivity index (χ1n) is 7.13. The first-order chi connectivity index (χ1) is 9.51. The Hall–Kier alpha value is -0.680. The summed E-state index contributed by atoms with van der Waals surface area (Å²) in [5, 5.41) is 3.43. The summed E-state index contributed by atoms with van der Waals surface area (Å²) in [4.78, 5) is 0.424. The maximum absolute atomic E-state index is 11.9. The van der Waals surface area contributed by atoms with Gasteiger partial charge in [-0.25, -0.2) is 8.42 Å². The molecule has 0 amide bonds. The molecule has 5 heteroatoms. The molecule has 0 unspecified atom stereocenters. The van der Waals surface area contributed by atoms with Gasteiger partial charge in [-0.15, -0.1) is 0 Å². The van der Waals surface area contributed by atoms with Gasteiger partial charge in [0, 0.05) is 17.0 Å². The molecule has 1 aromatic rings. The van der Waals surface area contributed by atoms with Gasteiger partial charge in [-0.1, -0.05) is 13.3 Å². The number of thioether (sulfide) groups is 1. The molecule has 1 aliphatic rings. The lowest BCUT2D eigenvalue weighted by atomic mass is 9.84. The number of hydrogen-bond acceptors (Lipinski definition) is 4. The first-order valence-corrected chi connectivity index (χ1v) is 10.0. The van der Waals surface area contributed by atoms with Crippen LogP contribution in [0.4, 0.5) is 5.69 Å². The number of nitrogens with one attached hydrogen (secondary N) is 1. The Kier molecular flexibility index (Phi) is 5.02. The van der Waals surface area contributed by atoms with Crippen LogP contribution in [0.1, 0.15) is 32.6 Å². The van der Waals surface area contributed by atoms with Crippen LogP contribution in [0.2, 0.25) is 0 Å². The third-order valence-corrected chi connectivity index (χ3v) is 7.35. The van der Waals surface area contributed by atoms with Crippen LogP contribution in [-0.2, 0) is 9.84 Å².